The number of aromatic amines is 2. The van der Waals surface area contributed by atoms with Gasteiger partial charge in [0.2, 0.25) is 5.95 Å². The highest BCUT2D eigenvalue weighted by molar-refractivity contribution is 5.78. The van der Waals surface area contributed by atoms with Crippen LogP contribution in [0.2, 0.25) is 0 Å². The smallest absolute Gasteiger partial charge is 0.271 e. The lowest BCUT2D eigenvalue weighted by Crippen LogP contribution is -2.17. The highest BCUT2D eigenvalue weighted by Gasteiger charge is 2.24. The van der Waals surface area contributed by atoms with Crippen molar-refractivity contribution in [2.45, 2.75) is 38.1 Å². The number of hydrogen-bond donors (Lipinski definition) is 3. The second-order valence-corrected chi connectivity index (χ2v) is 6.48. The molecule has 2 aromatic heterocycles. The van der Waals surface area contributed by atoms with Crippen molar-refractivity contribution in [3.8, 4) is 0 Å². The number of hydrogen-bond acceptors (Lipinski definition) is 5. The summed E-state index contributed by atoms with van der Waals surface area (Å²) in [5, 5.41) is 17.5. The summed E-state index contributed by atoms with van der Waals surface area (Å²) in [6.07, 6.45) is 8.94. The predicted molar refractivity (Wildman–Crippen MR) is 91.8 cm³/mol. The van der Waals surface area contributed by atoms with E-state index < -0.39 is 0 Å². The van der Waals surface area contributed by atoms with Gasteiger partial charge in [-0.2, -0.15) is 5.10 Å². The Kier molecular flexibility index (Phi) is 3.98. The van der Waals surface area contributed by atoms with Crippen LogP contribution in [0.15, 0.2) is 35.4 Å². The van der Waals surface area contributed by atoms with Gasteiger partial charge in [0, 0.05) is 6.04 Å². The molecular formula is C17H20N6O. The molecule has 7 nitrogen and oxygen atoms in total. The van der Waals surface area contributed by atoms with Gasteiger partial charge in [-0.1, -0.05) is 6.07 Å². The topological polar surface area (TPSA) is 99.3 Å². The summed E-state index contributed by atoms with van der Waals surface area (Å²) in [5.41, 5.74) is 2.10. The minimum Gasteiger partial charge on any atom is -0.350 e. The van der Waals surface area contributed by atoms with Gasteiger partial charge in [0.05, 0.1) is 23.3 Å². The zero-order valence-electron chi connectivity index (χ0n) is 13.3. The van der Waals surface area contributed by atoms with Crippen LogP contribution in [0.1, 0.15) is 31.2 Å². The molecule has 1 saturated carbocycles. The molecule has 0 spiro atoms. The molecular weight excluding hydrogens is 304 g/mol. The van der Waals surface area contributed by atoms with E-state index in [-0.39, 0.29) is 5.56 Å². The van der Waals surface area contributed by atoms with Crippen molar-refractivity contribution in [1.29, 1.82) is 0 Å². The Morgan fingerprint density at radius 3 is 3.04 bits per heavy atom. The fourth-order valence-corrected chi connectivity index (χ4v) is 3.58. The van der Waals surface area contributed by atoms with Crippen molar-refractivity contribution in [1.82, 2.24) is 25.4 Å². The van der Waals surface area contributed by atoms with Crippen LogP contribution in [0.4, 0.5) is 5.95 Å². The highest BCUT2D eigenvalue weighted by Crippen LogP contribution is 2.31. The Balaban J connectivity index is 1.32. The summed E-state index contributed by atoms with van der Waals surface area (Å²) in [4.78, 5) is 15.7. The maximum absolute atomic E-state index is 11.5. The Hall–Kier alpha value is -2.70. The summed E-state index contributed by atoms with van der Waals surface area (Å²) >= 11 is 0. The summed E-state index contributed by atoms with van der Waals surface area (Å²) in [5.74, 6) is 1.32. The minimum absolute atomic E-state index is 0.0566. The Morgan fingerprint density at radius 1 is 1.21 bits per heavy atom. The van der Waals surface area contributed by atoms with E-state index in [1.807, 2.05) is 6.07 Å². The van der Waals surface area contributed by atoms with Gasteiger partial charge in [-0.25, -0.2) is 4.98 Å². The minimum atomic E-state index is -0.0566. The van der Waals surface area contributed by atoms with Gasteiger partial charge in [0.15, 0.2) is 0 Å². The average molecular weight is 324 g/mol. The van der Waals surface area contributed by atoms with Crippen molar-refractivity contribution < 1.29 is 0 Å². The first kappa shape index (κ1) is 14.9. The van der Waals surface area contributed by atoms with E-state index in [4.69, 9.17) is 0 Å². The van der Waals surface area contributed by atoms with Crippen LogP contribution in [-0.4, -0.2) is 31.4 Å². The van der Waals surface area contributed by atoms with Crippen LogP contribution in [0.25, 0.3) is 10.9 Å². The summed E-state index contributed by atoms with van der Waals surface area (Å²) in [6.45, 7) is 0. The molecule has 2 heterocycles. The Labute approximate surface area is 138 Å². The molecule has 1 fully saturated rings. The third-order valence-corrected chi connectivity index (χ3v) is 4.84. The van der Waals surface area contributed by atoms with E-state index >= 15 is 0 Å². The van der Waals surface area contributed by atoms with Crippen LogP contribution in [0, 0.1) is 5.92 Å². The number of aryl methyl sites for hydroxylation is 1. The quantitative estimate of drug-likeness (QED) is 0.668. The van der Waals surface area contributed by atoms with E-state index in [0.29, 0.717) is 17.9 Å². The molecule has 2 unspecified atom stereocenters. The van der Waals surface area contributed by atoms with Crippen LogP contribution < -0.4 is 10.9 Å². The molecule has 0 amide bonds. The summed E-state index contributed by atoms with van der Waals surface area (Å²) < 4.78 is 0. The van der Waals surface area contributed by atoms with Crippen molar-refractivity contribution >= 4 is 16.9 Å². The molecule has 0 bridgehead atoms. The first-order valence-corrected chi connectivity index (χ1v) is 8.37. The number of aromatic nitrogens is 5. The van der Waals surface area contributed by atoms with Crippen LogP contribution in [-0.2, 0) is 6.42 Å². The first-order valence-electron chi connectivity index (χ1n) is 8.37. The Bertz CT molecular complexity index is 871. The lowest BCUT2D eigenvalue weighted by molar-refractivity contribution is 0.498. The molecule has 24 heavy (non-hydrogen) atoms. The van der Waals surface area contributed by atoms with Crippen molar-refractivity contribution in [2.75, 3.05) is 5.32 Å². The second-order valence-electron chi connectivity index (χ2n) is 6.48. The van der Waals surface area contributed by atoms with Crippen LogP contribution >= 0.6 is 0 Å². The van der Waals surface area contributed by atoms with Crippen molar-refractivity contribution in [3.05, 3.63) is 46.5 Å². The van der Waals surface area contributed by atoms with Crippen molar-refractivity contribution in [3.63, 3.8) is 0 Å². The third-order valence-electron chi connectivity index (χ3n) is 4.84. The van der Waals surface area contributed by atoms with Gasteiger partial charge >= 0.3 is 0 Å². The number of benzene rings is 1. The molecule has 3 aromatic rings. The average Bonchev–Trinajstić information content (AvgIpc) is 3.21. The van der Waals surface area contributed by atoms with Gasteiger partial charge < -0.3 is 5.32 Å². The number of nitrogens with one attached hydrogen (secondary N) is 3. The molecule has 0 saturated heterocycles. The summed E-state index contributed by atoms with van der Waals surface area (Å²) in [6, 6.07) is 6.46. The maximum Gasteiger partial charge on any atom is 0.271 e. The lowest BCUT2D eigenvalue weighted by atomic mass is 9.97. The van der Waals surface area contributed by atoms with E-state index in [9.17, 15) is 4.79 Å². The molecule has 0 aliphatic heterocycles. The van der Waals surface area contributed by atoms with E-state index in [2.05, 4.69) is 42.8 Å². The van der Waals surface area contributed by atoms with E-state index in [1.165, 1.54) is 12.0 Å². The summed E-state index contributed by atoms with van der Waals surface area (Å²) in [7, 11) is 0. The number of H-pyrrole nitrogens is 2. The van der Waals surface area contributed by atoms with Gasteiger partial charge in [0.25, 0.3) is 5.56 Å². The largest absolute Gasteiger partial charge is 0.350 e. The van der Waals surface area contributed by atoms with Gasteiger partial charge in [0.1, 0.15) is 0 Å². The lowest BCUT2D eigenvalue weighted by Gasteiger charge is -2.12. The van der Waals surface area contributed by atoms with Crippen LogP contribution in [0.3, 0.4) is 0 Å². The standard InChI is InChI=1S/C17H20N6O/c24-16-14-6-4-12(10-15(14)21-22-16)2-1-11-3-5-13(9-11)20-17-18-7-8-19-23-17/h4,6-8,10-11,13H,1-3,5,9H2,(H,18,20,23)(H2,21,22,24). The predicted octanol–water partition coefficient (Wildman–Crippen LogP) is 2.25. The molecule has 1 aliphatic rings. The molecule has 2 atom stereocenters. The number of anilines is 1. The molecule has 124 valence electrons. The third kappa shape index (κ3) is 3.15. The highest BCUT2D eigenvalue weighted by atomic mass is 16.1. The van der Waals surface area contributed by atoms with Crippen molar-refractivity contribution in [2.24, 2.45) is 5.92 Å². The first-order chi connectivity index (χ1) is 11.8. The second kappa shape index (κ2) is 6.43. The molecule has 7 heteroatoms. The van der Waals surface area contributed by atoms with E-state index in [1.54, 1.807) is 12.4 Å². The van der Waals surface area contributed by atoms with Gasteiger partial charge in [-0.3, -0.25) is 15.0 Å². The maximum atomic E-state index is 11.5. The molecule has 1 aliphatic carbocycles. The molecule has 0 radical (unpaired) electrons. The number of rotatable bonds is 5. The van der Waals surface area contributed by atoms with Gasteiger partial charge in [-0.15, -0.1) is 5.10 Å². The zero-order valence-corrected chi connectivity index (χ0v) is 13.3. The van der Waals surface area contributed by atoms with Gasteiger partial charge in [-0.05, 0) is 55.7 Å². The molecule has 3 N–H and O–H groups in total. The zero-order chi connectivity index (χ0) is 16.4. The number of nitrogens with zero attached hydrogens (tertiary/aromatic N) is 3. The number of fused-ring (bicyclic) bond motifs is 1. The Morgan fingerprint density at radius 2 is 2.17 bits per heavy atom. The van der Waals surface area contributed by atoms with Crippen LogP contribution in [0.5, 0.6) is 0 Å². The normalized spacial score (nSPS) is 20.5. The monoisotopic (exact) mass is 324 g/mol. The fourth-order valence-electron chi connectivity index (χ4n) is 3.58. The SMILES string of the molecule is O=c1[nH][nH]c2cc(CCC3CCC(Nc4nccnn4)C3)ccc12. The molecule has 4 rings (SSSR count). The fraction of sp³-hybridized carbons (Fsp3) is 0.412. The van der Waals surface area contributed by atoms with E-state index in [0.717, 1.165) is 36.6 Å². The molecule has 1 aromatic carbocycles.